The number of hydrogen-bond donors (Lipinski definition) is 3. The minimum atomic E-state index is 0.0741. The molecule has 0 bridgehead atoms. The molecule has 268 valence electrons. The lowest BCUT2D eigenvalue weighted by Gasteiger charge is -2.44. The first kappa shape index (κ1) is 33.5. The number of benzene rings is 4. The fourth-order valence-electron chi connectivity index (χ4n) is 7.02. The molecule has 0 amide bonds. The lowest BCUT2D eigenvalue weighted by Crippen LogP contribution is -2.54. The van der Waals surface area contributed by atoms with Crippen molar-refractivity contribution in [1.29, 1.82) is 0 Å². The van der Waals surface area contributed by atoms with Crippen LogP contribution >= 0.6 is 0 Å². The third-order valence-corrected chi connectivity index (χ3v) is 9.74. The van der Waals surface area contributed by atoms with Gasteiger partial charge in [0.2, 0.25) is 0 Å². The molecule has 0 spiro atoms. The number of rotatable bonds is 12. The Labute approximate surface area is 306 Å². The third kappa shape index (κ3) is 7.66. The molecule has 1 atom stereocenters. The number of aromatic hydroxyl groups is 1. The Hall–Kier alpha value is -6.69. The number of phenolic OH excluding ortho intramolecular Hbond substituents is 1. The summed E-state index contributed by atoms with van der Waals surface area (Å²) in [5.74, 6) is 2.52. The molecule has 53 heavy (non-hydrogen) atoms. The summed E-state index contributed by atoms with van der Waals surface area (Å²) in [7, 11) is 0. The Morgan fingerprint density at radius 2 is 1.49 bits per heavy atom. The minimum Gasteiger partial charge on any atom is -0.508 e. The van der Waals surface area contributed by atoms with Gasteiger partial charge in [0.15, 0.2) is 11.6 Å². The van der Waals surface area contributed by atoms with Crippen molar-refractivity contribution in [2.24, 2.45) is 0 Å². The molecule has 7 aromatic rings. The molecule has 1 aliphatic rings. The van der Waals surface area contributed by atoms with Crippen LogP contribution in [0.4, 0.5) is 23.0 Å². The molecule has 1 fully saturated rings. The minimum absolute atomic E-state index is 0.0741. The predicted molar refractivity (Wildman–Crippen MR) is 203 cm³/mol. The number of aromatic nitrogens is 4. The molecule has 12 nitrogen and oxygen atoms in total. The highest BCUT2D eigenvalue weighted by molar-refractivity contribution is 5.56. The molecule has 4 aromatic carbocycles. The quantitative estimate of drug-likeness (QED) is 0.124. The van der Waals surface area contributed by atoms with E-state index in [-0.39, 0.29) is 11.8 Å². The van der Waals surface area contributed by atoms with Crippen LogP contribution in [0.15, 0.2) is 131 Å². The number of phenols is 1. The highest BCUT2D eigenvalue weighted by Crippen LogP contribution is 2.31. The first-order valence-electron chi connectivity index (χ1n) is 17.6. The highest BCUT2D eigenvalue weighted by Gasteiger charge is 2.29. The van der Waals surface area contributed by atoms with E-state index < -0.39 is 0 Å². The molecular weight excluding hydrogens is 669 g/mol. The molecular formula is C41H40N8O4. The normalized spacial score (nSPS) is 14.5. The molecule has 3 aromatic heterocycles. The summed E-state index contributed by atoms with van der Waals surface area (Å²) in [5.41, 5.74) is 20.3. The van der Waals surface area contributed by atoms with Crippen molar-refractivity contribution in [3.63, 3.8) is 0 Å². The van der Waals surface area contributed by atoms with E-state index in [4.69, 9.17) is 30.2 Å². The molecule has 12 heteroatoms. The second-order valence-electron chi connectivity index (χ2n) is 13.3. The predicted octanol–water partition coefficient (Wildman–Crippen LogP) is 6.69. The maximum Gasteiger partial charge on any atom is 0.170 e. The van der Waals surface area contributed by atoms with Crippen molar-refractivity contribution < 1.29 is 18.9 Å². The van der Waals surface area contributed by atoms with Gasteiger partial charge >= 0.3 is 0 Å². The number of nitrogen functional groups attached to an aromatic ring is 2. The molecule has 1 saturated heterocycles. The van der Waals surface area contributed by atoms with Crippen molar-refractivity contribution in [3.05, 3.63) is 156 Å². The summed E-state index contributed by atoms with van der Waals surface area (Å²) in [5, 5.41) is 17.9. The Balaban J connectivity index is 0.962. The van der Waals surface area contributed by atoms with Gasteiger partial charge in [-0.15, -0.1) is 0 Å². The summed E-state index contributed by atoms with van der Waals surface area (Å²) in [6.45, 7) is 2.92. The second-order valence-corrected chi connectivity index (χ2v) is 13.3. The van der Waals surface area contributed by atoms with Crippen LogP contribution in [0.25, 0.3) is 0 Å². The maximum atomic E-state index is 10.2. The molecule has 4 heterocycles. The molecule has 5 N–H and O–H groups in total. The number of hydrogen-bond acceptors (Lipinski definition) is 11. The Morgan fingerprint density at radius 1 is 0.736 bits per heavy atom. The monoisotopic (exact) mass is 708 g/mol. The number of nitrogens with zero attached hydrogens (tertiary/aromatic N) is 6. The summed E-state index contributed by atoms with van der Waals surface area (Å²) < 4.78 is 18.8. The van der Waals surface area contributed by atoms with Crippen molar-refractivity contribution >= 4 is 23.0 Å². The van der Waals surface area contributed by atoms with E-state index in [2.05, 4.69) is 61.1 Å². The van der Waals surface area contributed by atoms with Gasteiger partial charge in [-0.05, 0) is 59.7 Å². The number of ether oxygens (including phenoxy) is 1. The smallest absolute Gasteiger partial charge is 0.170 e. The van der Waals surface area contributed by atoms with Gasteiger partial charge < -0.3 is 44.7 Å². The highest BCUT2D eigenvalue weighted by atomic mass is 16.5. The lowest BCUT2D eigenvalue weighted by atomic mass is 10.0. The van der Waals surface area contributed by atoms with Crippen LogP contribution in [-0.4, -0.2) is 50.6 Å². The van der Waals surface area contributed by atoms with Crippen LogP contribution in [0.1, 0.15) is 33.6 Å². The van der Waals surface area contributed by atoms with E-state index in [1.165, 1.54) is 5.56 Å². The van der Waals surface area contributed by atoms with E-state index >= 15 is 0 Å². The van der Waals surface area contributed by atoms with Crippen molar-refractivity contribution in [1.82, 2.24) is 19.9 Å². The Morgan fingerprint density at radius 3 is 2.25 bits per heavy atom. The lowest BCUT2D eigenvalue weighted by molar-refractivity contribution is 0.421. The van der Waals surface area contributed by atoms with E-state index in [0.29, 0.717) is 37.4 Å². The van der Waals surface area contributed by atoms with E-state index in [9.17, 15) is 5.11 Å². The summed E-state index contributed by atoms with van der Waals surface area (Å²) in [6, 6.07) is 34.1. The molecule has 1 aliphatic heterocycles. The second kappa shape index (κ2) is 14.9. The van der Waals surface area contributed by atoms with Gasteiger partial charge in [-0.25, -0.2) is 4.98 Å². The number of piperazine rings is 1. The topological polar surface area (TPSA) is 158 Å². The van der Waals surface area contributed by atoms with Gasteiger partial charge in [0.05, 0.1) is 18.1 Å². The standard InChI is InChI=1S/C41H40N8O4/c42-40-30(25-51-45-40)20-34-24-47(16-17-49(34)33-9-5-10-35(50)22-33)32-12-14-36(15-13-32)53-37-11-4-8-29(18-37)23-48-27-44-38(19-28-6-2-1-3-7-28)39(48)21-31-26-52-46-41(31)43/h1-15,18,22,25-27,34,50H,16-17,19-21,23-24H2,(H2,42,45)(H2,43,46). The maximum absolute atomic E-state index is 10.2. The summed E-state index contributed by atoms with van der Waals surface area (Å²) in [6.07, 6.45) is 7.02. The fourth-order valence-corrected chi connectivity index (χ4v) is 7.02. The molecule has 0 radical (unpaired) electrons. The van der Waals surface area contributed by atoms with Crippen LogP contribution in [-0.2, 0) is 25.8 Å². The van der Waals surface area contributed by atoms with Crippen LogP contribution < -0.4 is 26.0 Å². The van der Waals surface area contributed by atoms with Crippen molar-refractivity contribution in [2.45, 2.75) is 31.8 Å². The summed E-state index contributed by atoms with van der Waals surface area (Å²) >= 11 is 0. The van der Waals surface area contributed by atoms with Gasteiger partial charge in [-0.2, -0.15) is 0 Å². The third-order valence-electron chi connectivity index (χ3n) is 9.74. The molecule has 0 aliphatic carbocycles. The zero-order valence-corrected chi connectivity index (χ0v) is 29.1. The van der Waals surface area contributed by atoms with E-state index in [1.54, 1.807) is 24.7 Å². The summed E-state index contributed by atoms with van der Waals surface area (Å²) in [4.78, 5) is 9.49. The first-order chi connectivity index (χ1) is 25.9. The Kier molecular flexibility index (Phi) is 9.39. The average molecular weight is 709 g/mol. The number of imidazole rings is 1. The van der Waals surface area contributed by atoms with Crippen molar-refractivity contribution in [3.8, 4) is 17.2 Å². The SMILES string of the molecule is Nc1nocc1Cc1c(Cc2ccccc2)ncn1Cc1cccc(Oc2ccc(N3CCN(c4cccc(O)c4)C(Cc4conc4N)C3)cc2)c1. The van der Waals surface area contributed by atoms with Gasteiger partial charge in [0.1, 0.15) is 29.8 Å². The van der Waals surface area contributed by atoms with Crippen LogP contribution in [0.2, 0.25) is 0 Å². The van der Waals surface area contributed by atoms with Gasteiger partial charge in [-0.1, -0.05) is 58.8 Å². The largest absolute Gasteiger partial charge is 0.508 e. The van der Waals surface area contributed by atoms with Gasteiger partial charge in [0, 0.05) is 79.7 Å². The zero-order valence-electron chi connectivity index (χ0n) is 29.1. The van der Waals surface area contributed by atoms with Crippen LogP contribution in [0.3, 0.4) is 0 Å². The van der Waals surface area contributed by atoms with Gasteiger partial charge in [-0.3, -0.25) is 0 Å². The molecule has 8 rings (SSSR count). The molecule has 1 unspecified atom stereocenters. The van der Waals surface area contributed by atoms with Gasteiger partial charge in [0.25, 0.3) is 0 Å². The number of nitrogens with two attached hydrogens (primary N) is 2. The molecule has 0 saturated carbocycles. The number of anilines is 4. The van der Waals surface area contributed by atoms with E-state index in [1.807, 2.05) is 60.9 Å². The van der Waals surface area contributed by atoms with Crippen LogP contribution in [0.5, 0.6) is 17.2 Å². The van der Waals surface area contributed by atoms with E-state index in [0.717, 1.165) is 70.6 Å². The Bertz CT molecular complexity index is 2280. The average Bonchev–Trinajstić information content (AvgIpc) is 3.89. The first-order valence-corrected chi connectivity index (χ1v) is 17.6. The fraction of sp³-hybridized carbons (Fsp3) is 0.195. The zero-order chi connectivity index (χ0) is 36.1. The van der Waals surface area contributed by atoms with Crippen LogP contribution in [0, 0.1) is 0 Å². The van der Waals surface area contributed by atoms with Crippen molar-refractivity contribution in [2.75, 3.05) is 40.9 Å².